The molecule has 0 spiro atoms. The number of ketones is 2. The van der Waals surface area contributed by atoms with Gasteiger partial charge in [0.25, 0.3) is 5.91 Å². The Labute approximate surface area is 141 Å². The van der Waals surface area contributed by atoms with Crippen LogP contribution in [-0.2, 0) is 9.59 Å². The van der Waals surface area contributed by atoms with Crippen LogP contribution in [0.3, 0.4) is 0 Å². The zero-order valence-corrected chi connectivity index (χ0v) is 14.3. The van der Waals surface area contributed by atoms with Gasteiger partial charge in [0.2, 0.25) is 0 Å². The summed E-state index contributed by atoms with van der Waals surface area (Å²) in [4.78, 5) is 35.6. The van der Waals surface area contributed by atoms with Crippen LogP contribution in [0.15, 0.2) is 30.0 Å². The van der Waals surface area contributed by atoms with Crippen LogP contribution >= 0.6 is 11.6 Å². The molecule has 0 saturated carbocycles. The minimum Gasteiger partial charge on any atom is -0.360 e. The number of benzene rings is 1. The van der Waals surface area contributed by atoms with Crippen LogP contribution in [0.5, 0.6) is 0 Å². The zero-order chi connectivity index (χ0) is 17.4. The monoisotopic (exact) mass is 336 g/mol. The third-order valence-corrected chi connectivity index (χ3v) is 3.60. The zero-order valence-electron chi connectivity index (χ0n) is 13.5. The summed E-state index contributed by atoms with van der Waals surface area (Å²) >= 11 is 6.23. The summed E-state index contributed by atoms with van der Waals surface area (Å²) in [7, 11) is 0. The van der Waals surface area contributed by atoms with Crippen LogP contribution < -0.4 is 10.6 Å². The smallest absolute Gasteiger partial charge is 0.252 e. The van der Waals surface area contributed by atoms with Crippen LogP contribution in [0.4, 0.5) is 5.69 Å². The first-order valence-corrected chi connectivity index (χ1v) is 7.93. The first-order chi connectivity index (χ1) is 11.0. The molecule has 23 heavy (non-hydrogen) atoms. The van der Waals surface area contributed by atoms with Crippen molar-refractivity contribution in [3.8, 4) is 0 Å². The Bertz CT molecular complexity index is 621. The molecule has 0 aliphatic carbocycles. The van der Waals surface area contributed by atoms with Gasteiger partial charge < -0.3 is 10.6 Å². The first-order valence-electron chi connectivity index (χ1n) is 7.55. The summed E-state index contributed by atoms with van der Waals surface area (Å²) in [6, 6.07) is 4.96. The fraction of sp³-hybridized carbons (Fsp3) is 0.353. The Morgan fingerprint density at radius 2 is 1.70 bits per heavy atom. The van der Waals surface area contributed by atoms with E-state index >= 15 is 0 Å². The molecule has 124 valence electrons. The van der Waals surface area contributed by atoms with Crippen LogP contribution in [0, 0.1) is 0 Å². The summed E-state index contributed by atoms with van der Waals surface area (Å²) in [6.45, 7) is 5.70. The number of Topliss-reactive ketones (excluding diaryl/α,β-unsaturated/α-hetero) is 2. The van der Waals surface area contributed by atoms with Crippen LogP contribution in [-0.4, -0.2) is 24.0 Å². The van der Waals surface area contributed by atoms with Gasteiger partial charge in [-0.3, -0.25) is 14.4 Å². The average Bonchev–Trinajstić information content (AvgIpc) is 2.55. The number of hydrogen-bond acceptors (Lipinski definition) is 4. The number of nitrogens with one attached hydrogen (secondary N) is 2. The summed E-state index contributed by atoms with van der Waals surface area (Å²) in [6.07, 6.45) is 1.85. The summed E-state index contributed by atoms with van der Waals surface area (Å²) in [5.41, 5.74) is 0.896. The van der Waals surface area contributed by atoms with Crippen molar-refractivity contribution in [3.63, 3.8) is 0 Å². The third kappa shape index (κ3) is 4.93. The lowest BCUT2D eigenvalue weighted by molar-refractivity contribution is -0.121. The molecule has 0 aromatic heterocycles. The molecule has 5 nitrogen and oxygen atoms in total. The number of rotatable bonds is 8. The summed E-state index contributed by atoms with van der Waals surface area (Å²) in [5.74, 6) is -0.750. The van der Waals surface area contributed by atoms with Crippen molar-refractivity contribution >= 4 is 34.8 Å². The number of allylic oxidation sites excluding steroid dienone is 1. The quantitative estimate of drug-likeness (QED) is 0.433. The summed E-state index contributed by atoms with van der Waals surface area (Å²) in [5, 5.41) is 5.78. The minimum atomic E-state index is -0.278. The predicted molar refractivity (Wildman–Crippen MR) is 91.8 cm³/mol. The lowest BCUT2D eigenvalue weighted by atomic mass is 10.0. The average molecular weight is 337 g/mol. The molecule has 0 saturated heterocycles. The van der Waals surface area contributed by atoms with Gasteiger partial charge in [-0.2, -0.15) is 0 Å². The number of carbonyl (C=O) groups excluding carboxylic acids is 3. The molecule has 0 bridgehead atoms. The maximum atomic E-state index is 11.9. The second-order valence-corrected chi connectivity index (χ2v) is 5.16. The fourth-order valence-electron chi connectivity index (χ4n) is 1.92. The first kappa shape index (κ1) is 18.9. The highest BCUT2D eigenvalue weighted by molar-refractivity contribution is 6.36. The van der Waals surface area contributed by atoms with E-state index in [-0.39, 0.29) is 40.9 Å². The highest BCUT2D eigenvalue weighted by Gasteiger charge is 2.16. The van der Waals surface area contributed by atoms with Crippen LogP contribution in [0.1, 0.15) is 44.0 Å². The van der Waals surface area contributed by atoms with Gasteiger partial charge in [0.1, 0.15) is 0 Å². The van der Waals surface area contributed by atoms with Gasteiger partial charge in [0.05, 0.1) is 21.8 Å². The van der Waals surface area contributed by atoms with E-state index in [0.717, 1.165) is 0 Å². The van der Waals surface area contributed by atoms with E-state index in [1.165, 1.54) is 6.20 Å². The van der Waals surface area contributed by atoms with Crippen molar-refractivity contribution in [1.82, 2.24) is 5.32 Å². The lowest BCUT2D eigenvalue weighted by Gasteiger charge is -2.10. The van der Waals surface area contributed by atoms with E-state index in [4.69, 9.17) is 11.6 Å². The van der Waals surface area contributed by atoms with E-state index in [9.17, 15) is 14.4 Å². The van der Waals surface area contributed by atoms with E-state index in [1.807, 2.05) is 6.92 Å². The van der Waals surface area contributed by atoms with E-state index in [1.54, 1.807) is 32.0 Å². The maximum Gasteiger partial charge on any atom is 0.252 e. The number of amides is 1. The van der Waals surface area contributed by atoms with E-state index < -0.39 is 0 Å². The third-order valence-electron chi connectivity index (χ3n) is 3.20. The number of carbonyl (C=O) groups is 3. The van der Waals surface area contributed by atoms with Gasteiger partial charge in [-0.1, -0.05) is 31.5 Å². The molecule has 1 aromatic rings. The Kier molecular flexibility index (Phi) is 7.48. The highest BCUT2D eigenvalue weighted by atomic mass is 35.5. The topological polar surface area (TPSA) is 75.3 Å². The van der Waals surface area contributed by atoms with Gasteiger partial charge in [0.15, 0.2) is 11.6 Å². The second-order valence-electron chi connectivity index (χ2n) is 4.78. The number of hydrogen-bond donors (Lipinski definition) is 2. The molecule has 1 aromatic carbocycles. The van der Waals surface area contributed by atoms with Gasteiger partial charge in [-0.05, 0) is 19.1 Å². The molecule has 0 radical (unpaired) electrons. The molecule has 6 heteroatoms. The Balaban J connectivity index is 3.10. The SMILES string of the molecule is CCNC(=O)c1cccc(NC=C(C(=O)CC)C(=O)CC)c1Cl. The van der Waals surface area contributed by atoms with Gasteiger partial charge >= 0.3 is 0 Å². The minimum absolute atomic E-state index is 0.106. The van der Waals surface area contributed by atoms with E-state index in [0.29, 0.717) is 17.8 Å². The molecule has 0 unspecified atom stereocenters. The largest absolute Gasteiger partial charge is 0.360 e. The fourth-order valence-corrected chi connectivity index (χ4v) is 2.19. The van der Waals surface area contributed by atoms with Crippen molar-refractivity contribution in [1.29, 1.82) is 0 Å². The van der Waals surface area contributed by atoms with Gasteiger partial charge in [-0.25, -0.2) is 0 Å². The van der Waals surface area contributed by atoms with Crippen molar-refractivity contribution in [3.05, 3.63) is 40.6 Å². The number of anilines is 1. The van der Waals surface area contributed by atoms with Crippen molar-refractivity contribution < 1.29 is 14.4 Å². The molecule has 2 N–H and O–H groups in total. The predicted octanol–water partition coefficient (Wildman–Crippen LogP) is 3.34. The standard InChI is InChI=1S/C17H21ClN2O3/c1-4-14(21)12(15(22)5-2)10-20-13-9-7-8-11(16(13)18)17(23)19-6-3/h7-10,20H,4-6H2,1-3H3,(H,19,23). The summed E-state index contributed by atoms with van der Waals surface area (Å²) < 4.78 is 0. The molecule has 0 atom stereocenters. The Morgan fingerprint density at radius 1 is 1.09 bits per heavy atom. The Hall–Kier alpha value is -2.14. The Morgan fingerprint density at radius 3 is 2.22 bits per heavy atom. The molecule has 0 aliphatic rings. The van der Waals surface area contributed by atoms with Crippen molar-refractivity contribution in [2.45, 2.75) is 33.6 Å². The normalized spacial score (nSPS) is 9.91. The van der Waals surface area contributed by atoms with Crippen LogP contribution in [0.2, 0.25) is 5.02 Å². The molecule has 1 rings (SSSR count). The molecular weight excluding hydrogens is 316 g/mol. The highest BCUT2D eigenvalue weighted by Crippen LogP contribution is 2.26. The second kappa shape index (κ2) is 9.10. The van der Waals surface area contributed by atoms with E-state index in [2.05, 4.69) is 10.6 Å². The van der Waals surface area contributed by atoms with Crippen molar-refractivity contribution in [2.75, 3.05) is 11.9 Å². The van der Waals surface area contributed by atoms with Crippen molar-refractivity contribution in [2.24, 2.45) is 0 Å². The van der Waals surface area contributed by atoms with Crippen LogP contribution in [0.25, 0.3) is 0 Å². The molecule has 0 fully saturated rings. The molecule has 0 aliphatic heterocycles. The van der Waals surface area contributed by atoms with Gasteiger partial charge in [0, 0.05) is 25.6 Å². The lowest BCUT2D eigenvalue weighted by Crippen LogP contribution is -2.23. The number of halogens is 1. The molecule has 1 amide bonds. The molecule has 0 heterocycles. The maximum absolute atomic E-state index is 11.9. The molecular formula is C17H21ClN2O3. The van der Waals surface area contributed by atoms with Gasteiger partial charge in [-0.15, -0.1) is 0 Å².